The van der Waals surface area contributed by atoms with Crippen molar-refractivity contribution in [3.63, 3.8) is 0 Å². The molecule has 0 fully saturated rings. The highest BCUT2D eigenvalue weighted by Crippen LogP contribution is 2.19. The van der Waals surface area contributed by atoms with Crippen molar-refractivity contribution in [1.29, 1.82) is 0 Å². The first-order valence-corrected chi connectivity index (χ1v) is 7.66. The third-order valence-electron chi connectivity index (χ3n) is 3.56. The van der Waals surface area contributed by atoms with Crippen LogP contribution in [0.4, 0.5) is 0 Å². The van der Waals surface area contributed by atoms with Crippen molar-refractivity contribution < 1.29 is 0 Å². The predicted molar refractivity (Wildman–Crippen MR) is 77.1 cm³/mol. The number of hydrogen-bond acceptors (Lipinski definition) is 3. The summed E-state index contributed by atoms with van der Waals surface area (Å²) >= 11 is 1.85. The zero-order valence-electron chi connectivity index (χ0n) is 11.1. The summed E-state index contributed by atoms with van der Waals surface area (Å²) in [6.07, 6.45) is 7.35. The normalized spacial score (nSPS) is 13.2. The topological polar surface area (TPSA) is 38.0 Å². The molecule has 0 amide bonds. The average molecular weight is 254 g/mol. The molecule has 1 aromatic heterocycles. The first kappa shape index (κ1) is 14.7. The first-order chi connectivity index (χ1) is 8.30. The quantitative estimate of drug-likeness (QED) is 0.520. The Morgan fingerprint density at radius 3 is 2.65 bits per heavy atom. The third kappa shape index (κ3) is 5.66. The van der Waals surface area contributed by atoms with Crippen molar-refractivity contribution in [3.05, 3.63) is 22.4 Å². The minimum atomic E-state index is 0.486. The van der Waals surface area contributed by atoms with Gasteiger partial charge in [0.15, 0.2) is 0 Å². The van der Waals surface area contributed by atoms with Gasteiger partial charge in [-0.05, 0) is 43.0 Å². The predicted octanol–water partition coefficient (Wildman–Crippen LogP) is 3.73. The highest BCUT2D eigenvalue weighted by molar-refractivity contribution is 7.09. The summed E-state index contributed by atoms with van der Waals surface area (Å²) in [6.45, 7) is 4.54. The molecule has 0 aromatic carbocycles. The molecular weight excluding hydrogens is 228 g/mol. The van der Waals surface area contributed by atoms with Crippen LogP contribution in [0.15, 0.2) is 17.5 Å². The Morgan fingerprint density at radius 1 is 1.35 bits per heavy atom. The van der Waals surface area contributed by atoms with E-state index in [-0.39, 0.29) is 0 Å². The second-order valence-electron chi connectivity index (χ2n) is 4.75. The highest BCUT2D eigenvalue weighted by Gasteiger charge is 2.12. The first-order valence-electron chi connectivity index (χ1n) is 6.78. The molecule has 0 spiro atoms. The molecule has 0 aliphatic carbocycles. The van der Waals surface area contributed by atoms with Crippen LogP contribution >= 0.6 is 11.3 Å². The van der Waals surface area contributed by atoms with Gasteiger partial charge in [-0.25, -0.2) is 0 Å². The van der Waals surface area contributed by atoms with E-state index in [0.29, 0.717) is 6.04 Å². The van der Waals surface area contributed by atoms with Crippen LogP contribution in [0.25, 0.3) is 0 Å². The Balaban J connectivity index is 2.22. The minimum Gasteiger partial charge on any atom is -0.271 e. The van der Waals surface area contributed by atoms with E-state index in [0.717, 1.165) is 5.92 Å². The number of nitrogens with two attached hydrogens (primary N) is 1. The summed E-state index contributed by atoms with van der Waals surface area (Å²) in [7, 11) is 0. The molecule has 1 aromatic rings. The van der Waals surface area contributed by atoms with Crippen molar-refractivity contribution in [1.82, 2.24) is 5.43 Å². The Kier molecular flexibility index (Phi) is 7.49. The maximum absolute atomic E-state index is 5.64. The maximum atomic E-state index is 5.64. The number of thiophene rings is 1. The van der Waals surface area contributed by atoms with E-state index in [2.05, 4.69) is 36.8 Å². The summed E-state index contributed by atoms with van der Waals surface area (Å²) in [5, 5.41) is 2.15. The Hall–Kier alpha value is -0.380. The van der Waals surface area contributed by atoms with Gasteiger partial charge in [-0.15, -0.1) is 11.3 Å². The summed E-state index contributed by atoms with van der Waals surface area (Å²) in [5.74, 6) is 6.46. The lowest BCUT2D eigenvalue weighted by Gasteiger charge is -2.21. The molecule has 3 N–H and O–H groups in total. The molecule has 0 aliphatic rings. The van der Waals surface area contributed by atoms with Gasteiger partial charge in [0.2, 0.25) is 0 Å². The van der Waals surface area contributed by atoms with Gasteiger partial charge in [-0.2, -0.15) is 0 Å². The number of rotatable bonds is 9. The molecule has 98 valence electrons. The van der Waals surface area contributed by atoms with Gasteiger partial charge in [0, 0.05) is 10.9 Å². The van der Waals surface area contributed by atoms with Crippen LogP contribution in [0, 0.1) is 5.92 Å². The molecule has 0 radical (unpaired) electrons. The van der Waals surface area contributed by atoms with Gasteiger partial charge in [0.05, 0.1) is 0 Å². The minimum absolute atomic E-state index is 0.486. The number of aryl methyl sites for hydroxylation is 1. The Bertz CT molecular complexity index is 268. The largest absolute Gasteiger partial charge is 0.271 e. The average Bonchev–Trinajstić information content (AvgIpc) is 2.86. The van der Waals surface area contributed by atoms with E-state index in [1.165, 1.54) is 43.4 Å². The smallest absolute Gasteiger partial charge is 0.0213 e. The molecule has 0 saturated carbocycles. The maximum Gasteiger partial charge on any atom is 0.0213 e. The highest BCUT2D eigenvalue weighted by atomic mass is 32.1. The summed E-state index contributed by atoms with van der Waals surface area (Å²) in [5.41, 5.74) is 2.98. The van der Waals surface area contributed by atoms with Crippen LogP contribution in [0.5, 0.6) is 0 Å². The molecular formula is C14H26N2S. The van der Waals surface area contributed by atoms with Crippen molar-refractivity contribution in [2.45, 2.75) is 58.4 Å². The molecule has 2 nitrogen and oxygen atoms in total. The van der Waals surface area contributed by atoms with Gasteiger partial charge >= 0.3 is 0 Å². The molecule has 3 heteroatoms. The molecule has 1 atom stereocenters. The number of nitrogens with one attached hydrogen (secondary N) is 1. The lowest BCUT2D eigenvalue weighted by Crippen LogP contribution is -2.36. The Labute approximate surface area is 110 Å². The van der Waals surface area contributed by atoms with Crippen LogP contribution in [-0.4, -0.2) is 6.04 Å². The van der Waals surface area contributed by atoms with Crippen molar-refractivity contribution in [2.24, 2.45) is 11.8 Å². The molecule has 17 heavy (non-hydrogen) atoms. The number of hydrazine groups is 1. The zero-order valence-corrected chi connectivity index (χ0v) is 11.9. The third-order valence-corrected chi connectivity index (χ3v) is 4.50. The van der Waals surface area contributed by atoms with Gasteiger partial charge in [0.1, 0.15) is 0 Å². The number of hydrogen-bond donors (Lipinski definition) is 2. The van der Waals surface area contributed by atoms with Gasteiger partial charge < -0.3 is 0 Å². The van der Waals surface area contributed by atoms with E-state index in [1.807, 2.05) is 11.3 Å². The van der Waals surface area contributed by atoms with Gasteiger partial charge in [-0.1, -0.05) is 32.8 Å². The monoisotopic (exact) mass is 254 g/mol. The van der Waals surface area contributed by atoms with Crippen LogP contribution in [0.2, 0.25) is 0 Å². The van der Waals surface area contributed by atoms with E-state index < -0.39 is 0 Å². The Morgan fingerprint density at radius 2 is 2.12 bits per heavy atom. The molecule has 0 aliphatic heterocycles. The van der Waals surface area contributed by atoms with E-state index in [1.54, 1.807) is 0 Å². The molecule has 1 unspecified atom stereocenters. The second-order valence-corrected chi connectivity index (χ2v) is 5.79. The van der Waals surface area contributed by atoms with Crippen molar-refractivity contribution in [3.8, 4) is 0 Å². The lowest BCUT2D eigenvalue weighted by molar-refractivity contribution is 0.350. The fraction of sp³-hybridized carbons (Fsp3) is 0.714. The summed E-state index contributed by atoms with van der Waals surface area (Å²) < 4.78 is 0. The SMILES string of the molecule is CCC(CC)CC(CCCc1cccs1)NN. The second kappa shape index (κ2) is 8.67. The van der Waals surface area contributed by atoms with Gasteiger partial charge in [0.25, 0.3) is 0 Å². The van der Waals surface area contributed by atoms with Gasteiger partial charge in [-0.3, -0.25) is 11.3 Å². The molecule has 1 heterocycles. The standard InChI is InChI=1S/C14H26N2S/c1-3-12(4-2)11-13(16-15)7-5-8-14-9-6-10-17-14/h6,9-10,12-13,16H,3-5,7-8,11,15H2,1-2H3. The van der Waals surface area contributed by atoms with E-state index >= 15 is 0 Å². The fourth-order valence-electron chi connectivity index (χ4n) is 2.27. The van der Waals surface area contributed by atoms with Crippen molar-refractivity contribution in [2.75, 3.05) is 0 Å². The zero-order chi connectivity index (χ0) is 12.5. The van der Waals surface area contributed by atoms with Crippen molar-refractivity contribution >= 4 is 11.3 Å². The van der Waals surface area contributed by atoms with E-state index in [9.17, 15) is 0 Å². The van der Waals surface area contributed by atoms with E-state index in [4.69, 9.17) is 5.84 Å². The molecule has 1 rings (SSSR count). The molecule has 0 bridgehead atoms. The summed E-state index contributed by atoms with van der Waals surface area (Å²) in [6, 6.07) is 4.83. The van der Waals surface area contributed by atoms with Crippen LogP contribution in [0.1, 0.15) is 50.8 Å². The van der Waals surface area contributed by atoms with Crippen LogP contribution < -0.4 is 11.3 Å². The van der Waals surface area contributed by atoms with Crippen LogP contribution in [-0.2, 0) is 6.42 Å². The fourth-order valence-corrected chi connectivity index (χ4v) is 3.02. The molecule has 0 saturated heterocycles. The lowest BCUT2D eigenvalue weighted by atomic mass is 9.92. The van der Waals surface area contributed by atoms with Crippen LogP contribution in [0.3, 0.4) is 0 Å². The summed E-state index contributed by atoms with van der Waals surface area (Å²) in [4.78, 5) is 1.49.